The monoisotopic (exact) mass is 275 g/mol. The molecule has 1 atom stereocenters. The van der Waals surface area contributed by atoms with Crippen molar-refractivity contribution in [2.75, 3.05) is 7.11 Å². The van der Waals surface area contributed by atoms with Crippen molar-refractivity contribution in [3.8, 4) is 5.75 Å². The van der Waals surface area contributed by atoms with Gasteiger partial charge in [-0.1, -0.05) is 25.5 Å². The van der Waals surface area contributed by atoms with Crippen LogP contribution < -0.4 is 4.74 Å². The summed E-state index contributed by atoms with van der Waals surface area (Å²) in [5.74, 6) is 0.710. The van der Waals surface area contributed by atoms with Crippen LogP contribution in [0.2, 0.25) is 0 Å². The van der Waals surface area contributed by atoms with Gasteiger partial charge >= 0.3 is 0 Å². The highest BCUT2D eigenvalue weighted by Crippen LogP contribution is 2.25. The van der Waals surface area contributed by atoms with Gasteiger partial charge < -0.3 is 4.74 Å². The van der Waals surface area contributed by atoms with E-state index in [0.717, 1.165) is 24.2 Å². The fourth-order valence-corrected chi connectivity index (χ4v) is 2.60. The third-order valence-electron chi connectivity index (χ3n) is 3.76. The Hall–Kier alpha value is -1.84. The number of nitrogens with zero attached hydrogens (tertiary/aromatic N) is 1. The third kappa shape index (κ3) is 3.18. The highest BCUT2D eigenvalue weighted by Gasteiger charge is 2.33. The van der Waals surface area contributed by atoms with Crippen LogP contribution in [-0.2, 0) is 16.1 Å². The van der Waals surface area contributed by atoms with E-state index in [4.69, 9.17) is 4.74 Å². The molecule has 4 nitrogen and oxygen atoms in total. The molecule has 0 aromatic heterocycles. The summed E-state index contributed by atoms with van der Waals surface area (Å²) in [4.78, 5) is 25.7. The second kappa shape index (κ2) is 6.55. The van der Waals surface area contributed by atoms with Gasteiger partial charge in [0.2, 0.25) is 11.8 Å². The lowest BCUT2D eigenvalue weighted by Gasteiger charge is -2.30. The van der Waals surface area contributed by atoms with Crippen molar-refractivity contribution in [1.29, 1.82) is 0 Å². The lowest BCUT2D eigenvalue weighted by molar-refractivity contribution is -0.152. The fourth-order valence-electron chi connectivity index (χ4n) is 2.60. The van der Waals surface area contributed by atoms with Crippen LogP contribution in [-0.4, -0.2) is 23.8 Å². The van der Waals surface area contributed by atoms with Crippen molar-refractivity contribution in [2.24, 2.45) is 5.92 Å². The van der Waals surface area contributed by atoms with Crippen molar-refractivity contribution in [3.05, 3.63) is 29.8 Å². The van der Waals surface area contributed by atoms with Crippen LogP contribution in [0.4, 0.5) is 0 Å². The van der Waals surface area contributed by atoms with Gasteiger partial charge in [-0.25, -0.2) is 0 Å². The summed E-state index contributed by atoms with van der Waals surface area (Å²) in [5.41, 5.74) is 0.949. The molecule has 0 N–H and O–H groups in total. The summed E-state index contributed by atoms with van der Waals surface area (Å²) in [7, 11) is 1.61. The molecule has 2 amide bonds. The molecule has 1 unspecified atom stereocenters. The van der Waals surface area contributed by atoms with Crippen LogP contribution in [0.15, 0.2) is 24.3 Å². The third-order valence-corrected chi connectivity index (χ3v) is 3.76. The molecule has 108 valence electrons. The Morgan fingerprint density at radius 1 is 1.25 bits per heavy atom. The summed E-state index contributed by atoms with van der Waals surface area (Å²) in [6.07, 6.45) is 3.02. The maximum Gasteiger partial charge on any atom is 0.232 e. The number of carbonyl (C=O) groups is 2. The Balaban J connectivity index is 2.08. The van der Waals surface area contributed by atoms with E-state index < -0.39 is 0 Å². The highest BCUT2D eigenvalue weighted by atomic mass is 16.5. The minimum atomic E-state index is -0.0572. The topological polar surface area (TPSA) is 46.6 Å². The van der Waals surface area contributed by atoms with Gasteiger partial charge in [0.25, 0.3) is 0 Å². The van der Waals surface area contributed by atoms with E-state index >= 15 is 0 Å². The molecule has 4 heteroatoms. The molecule has 1 saturated heterocycles. The minimum Gasteiger partial charge on any atom is -0.497 e. The predicted octanol–water partition coefficient (Wildman–Crippen LogP) is 2.76. The number of carbonyl (C=O) groups excluding carboxylic acids is 2. The van der Waals surface area contributed by atoms with Crippen LogP contribution in [0, 0.1) is 5.92 Å². The molecule has 1 aromatic rings. The summed E-state index contributed by atoms with van der Waals surface area (Å²) in [5, 5.41) is 0. The van der Waals surface area contributed by atoms with Gasteiger partial charge in [-0.2, -0.15) is 0 Å². The van der Waals surface area contributed by atoms with Crippen molar-refractivity contribution in [2.45, 2.75) is 39.2 Å². The van der Waals surface area contributed by atoms with Gasteiger partial charge in [0, 0.05) is 12.3 Å². The molecule has 1 fully saturated rings. The van der Waals surface area contributed by atoms with E-state index in [-0.39, 0.29) is 17.7 Å². The Morgan fingerprint density at radius 3 is 2.55 bits per heavy atom. The summed E-state index contributed by atoms with van der Waals surface area (Å²) >= 11 is 0. The van der Waals surface area contributed by atoms with E-state index in [1.165, 1.54) is 4.90 Å². The second-order valence-electron chi connectivity index (χ2n) is 5.19. The largest absolute Gasteiger partial charge is 0.497 e. The Labute approximate surface area is 119 Å². The molecule has 0 saturated carbocycles. The zero-order valence-corrected chi connectivity index (χ0v) is 12.1. The van der Waals surface area contributed by atoms with Crippen LogP contribution >= 0.6 is 0 Å². The lowest BCUT2D eigenvalue weighted by atomic mass is 9.92. The first kappa shape index (κ1) is 14.6. The molecule has 1 aliphatic rings. The zero-order chi connectivity index (χ0) is 14.5. The van der Waals surface area contributed by atoms with Crippen LogP contribution in [0.5, 0.6) is 5.75 Å². The standard InChI is InChI=1S/C16H21NO3/c1-3-4-13-7-10-15(18)17(16(13)19)11-12-5-8-14(20-2)9-6-12/h5-6,8-9,13H,3-4,7,10-11H2,1-2H3. The number of likely N-dealkylation sites (tertiary alicyclic amines) is 1. The number of rotatable bonds is 5. The maximum absolute atomic E-state index is 12.3. The Kier molecular flexibility index (Phi) is 4.77. The molecule has 2 rings (SSSR count). The smallest absolute Gasteiger partial charge is 0.232 e. The van der Waals surface area contributed by atoms with E-state index in [2.05, 4.69) is 6.92 Å². The van der Waals surface area contributed by atoms with Gasteiger partial charge in [0.1, 0.15) is 5.75 Å². The molecule has 0 radical (unpaired) electrons. The van der Waals surface area contributed by atoms with Gasteiger partial charge in [-0.05, 0) is 30.5 Å². The summed E-state index contributed by atoms with van der Waals surface area (Å²) in [6, 6.07) is 7.47. The van der Waals surface area contributed by atoms with Crippen molar-refractivity contribution >= 4 is 11.8 Å². The van der Waals surface area contributed by atoms with Crippen molar-refractivity contribution < 1.29 is 14.3 Å². The number of hydrogen-bond acceptors (Lipinski definition) is 3. The number of hydrogen-bond donors (Lipinski definition) is 0. The van der Waals surface area contributed by atoms with Crippen molar-refractivity contribution in [1.82, 2.24) is 4.90 Å². The SMILES string of the molecule is CCCC1CCC(=O)N(Cc2ccc(OC)cc2)C1=O. The summed E-state index contributed by atoms with van der Waals surface area (Å²) < 4.78 is 5.10. The predicted molar refractivity (Wildman–Crippen MR) is 76.2 cm³/mol. The Bertz CT molecular complexity index is 481. The van der Waals surface area contributed by atoms with Gasteiger partial charge in [-0.3, -0.25) is 14.5 Å². The van der Waals surface area contributed by atoms with E-state index in [0.29, 0.717) is 19.4 Å². The van der Waals surface area contributed by atoms with Crippen molar-refractivity contribution in [3.63, 3.8) is 0 Å². The van der Waals surface area contributed by atoms with E-state index in [1.807, 2.05) is 24.3 Å². The fraction of sp³-hybridized carbons (Fsp3) is 0.500. The zero-order valence-electron chi connectivity index (χ0n) is 12.1. The summed E-state index contributed by atoms with van der Waals surface area (Å²) in [6.45, 7) is 2.43. The Morgan fingerprint density at radius 2 is 1.95 bits per heavy atom. The van der Waals surface area contributed by atoms with Gasteiger partial charge in [0.15, 0.2) is 0 Å². The molecule has 0 spiro atoms. The van der Waals surface area contributed by atoms with Gasteiger partial charge in [-0.15, -0.1) is 0 Å². The number of ether oxygens (including phenoxy) is 1. The second-order valence-corrected chi connectivity index (χ2v) is 5.19. The average molecular weight is 275 g/mol. The molecule has 1 aromatic carbocycles. The van der Waals surface area contributed by atoms with E-state index in [1.54, 1.807) is 7.11 Å². The molecule has 0 bridgehead atoms. The normalized spacial score (nSPS) is 19.3. The highest BCUT2D eigenvalue weighted by molar-refractivity contribution is 5.98. The number of imide groups is 1. The van der Waals surface area contributed by atoms with Gasteiger partial charge in [0.05, 0.1) is 13.7 Å². The molecular formula is C16H21NO3. The van der Waals surface area contributed by atoms with Crippen LogP contribution in [0.1, 0.15) is 38.2 Å². The lowest BCUT2D eigenvalue weighted by Crippen LogP contribution is -2.44. The maximum atomic E-state index is 12.3. The molecule has 20 heavy (non-hydrogen) atoms. The average Bonchev–Trinajstić information content (AvgIpc) is 2.47. The molecule has 1 heterocycles. The van der Waals surface area contributed by atoms with Crippen LogP contribution in [0.3, 0.4) is 0 Å². The molecule has 1 aliphatic heterocycles. The molecule has 0 aliphatic carbocycles. The van der Waals surface area contributed by atoms with Crippen LogP contribution in [0.25, 0.3) is 0 Å². The number of piperidine rings is 1. The number of amides is 2. The molecular weight excluding hydrogens is 254 g/mol. The minimum absolute atomic E-state index is 0.0101. The first-order valence-corrected chi connectivity index (χ1v) is 7.12. The van der Waals surface area contributed by atoms with E-state index in [9.17, 15) is 9.59 Å². The number of methoxy groups -OCH3 is 1. The first-order valence-electron chi connectivity index (χ1n) is 7.12. The number of benzene rings is 1. The first-order chi connectivity index (χ1) is 9.65. The quantitative estimate of drug-likeness (QED) is 0.776.